The molecule has 0 radical (unpaired) electrons. The molecule has 0 aliphatic rings. The Balaban J connectivity index is 2.19. The van der Waals surface area contributed by atoms with Crippen molar-refractivity contribution in [3.63, 3.8) is 0 Å². The molecular weight excluding hydrogens is 226 g/mol. The van der Waals surface area contributed by atoms with E-state index in [2.05, 4.69) is 4.99 Å². The monoisotopic (exact) mass is 241 g/mol. The predicted molar refractivity (Wildman–Crippen MR) is 72.2 cm³/mol. The maximum absolute atomic E-state index is 9.72. The number of aliphatic imine (C=N–C) groups is 1. The normalized spacial score (nSPS) is 12.7. The van der Waals surface area contributed by atoms with Crippen LogP contribution < -0.4 is 0 Å². The summed E-state index contributed by atoms with van der Waals surface area (Å²) in [5, 5.41) is 19.1. The van der Waals surface area contributed by atoms with Gasteiger partial charge in [0.25, 0.3) is 0 Å². The summed E-state index contributed by atoms with van der Waals surface area (Å²) >= 11 is 0. The molecule has 2 aromatic carbocycles. The number of aromatic hydroxyl groups is 2. The largest absolute Gasteiger partial charge is 0.508 e. The zero-order valence-corrected chi connectivity index (χ0v) is 10.1. The van der Waals surface area contributed by atoms with Gasteiger partial charge in [-0.25, -0.2) is 0 Å². The van der Waals surface area contributed by atoms with E-state index in [9.17, 15) is 10.2 Å². The first-order chi connectivity index (χ1) is 8.66. The number of hydrogen-bond acceptors (Lipinski definition) is 3. The molecular formula is C15H15NO2. The van der Waals surface area contributed by atoms with Gasteiger partial charge in [0.05, 0.1) is 6.04 Å². The van der Waals surface area contributed by atoms with Gasteiger partial charge in [0, 0.05) is 11.8 Å². The second kappa shape index (κ2) is 5.36. The second-order valence-electron chi connectivity index (χ2n) is 4.11. The van der Waals surface area contributed by atoms with E-state index in [1.54, 1.807) is 6.21 Å². The van der Waals surface area contributed by atoms with E-state index in [4.69, 9.17) is 0 Å². The van der Waals surface area contributed by atoms with Gasteiger partial charge in [-0.2, -0.15) is 0 Å². The van der Waals surface area contributed by atoms with Crippen LogP contribution in [0.25, 0.3) is 0 Å². The van der Waals surface area contributed by atoms with E-state index in [-0.39, 0.29) is 17.5 Å². The molecule has 0 bridgehead atoms. The zero-order chi connectivity index (χ0) is 13.0. The standard InChI is InChI=1S/C15H15NO2/c1-11(14-9-13(17)7-8-15(14)18)16-10-12-5-3-2-4-6-12/h2-11,17-18H,1H3. The Kier molecular flexibility index (Phi) is 3.63. The highest BCUT2D eigenvalue weighted by atomic mass is 16.3. The van der Waals surface area contributed by atoms with Crippen LogP contribution in [0.3, 0.4) is 0 Å². The summed E-state index contributed by atoms with van der Waals surface area (Å²) in [4.78, 5) is 4.37. The molecule has 3 heteroatoms. The van der Waals surface area contributed by atoms with Crippen molar-refractivity contribution < 1.29 is 10.2 Å². The number of rotatable bonds is 3. The van der Waals surface area contributed by atoms with E-state index in [1.807, 2.05) is 37.3 Å². The number of benzene rings is 2. The van der Waals surface area contributed by atoms with Gasteiger partial charge in [-0.3, -0.25) is 4.99 Å². The maximum Gasteiger partial charge on any atom is 0.121 e. The molecule has 1 unspecified atom stereocenters. The lowest BCUT2D eigenvalue weighted by atomic mass is 10.1. The van der Waals surface area contributed by atoms with Gasteiger partial charge in [-0.1, -0.05) is 30.3 Å². The Morgan fingerprint density at radius 3 is 2.50 bits per heavy atom. The topological polar surface area (TPSA) is 52.8 Å². The number of hydrogen-bond donors (Lipinski definition) is 2. The SMILES string of the molecule is CC(N=Cc1ccccc1)c1cc(O)ccc1O. The number of phenols is 2. The smallest absolute Gasteiger partial charge is 0.121 e. The Hall–Kier alpha value is -2.29. The first-order valence-corrected chi connectivity index (χ1v) is 5.77. The molecule has 0 saturated carbocycles. The van der Waals surface area contributed by atoms with Gasteiger partial charge in [0.2, 0.25) is 0 Å². The Bertz CT molecular complexity index is 550. The van der Waals surface area contributed by atoms with Crippen LogP contribution in [0.5, 0.6) is 11.5 Å². The highest BCUT2D eigenvalue weighted by Crippen LogP contribution is 2.29. The lowest BCUT2D eigenvalue weighted by Crippen LogP contribution is -1.92. The average molecular weight is 241 g/mol. The van der Waals surface area contributed by atoms with Crippen LogP contribution in [-0.4, -0.2) is 16.4 Å². The van der Waals surface area contributed by atoms with E-state index in [0.717, 1.165) is 5.56 Å². The van der Waals surface area contributed by atoms with E-state index >= 15 is 0 Å². The van der Waals surface area contributed by atoms with Crippen molar-refractivity contribution in [2.75, 3.05) is 0 Å². The van der Waals surface area contributed by atoms with Crippen molar-refractivity contribution in [1.82, 2.24) is 0 Å². The van der Waals surface area contributed by atoms with E-state index < -0.39 is 0 Å². The summed E-state index contributed by atoms with van der Waals surface area (Å²) in [6.45, 7) is 1.87. The molecule has 3 nitrogen and oxygen atoms in total. The van der Waals surface area contributed by atoms with Gasteiger partial charge in [0.1, 0.15) is 11.5 Å². The summed E-state index contributed by atoms with van der Waals surface area (Å²) in [7, 11) is 0. The molecule has 0 aliphatic carbocycles. The molecule has 2 rings (SSSR count). The van der Waals surface area contributed by atoms with Crippen molar-refractivity contribution in [2.24, 2.45) is 4.99 Å². The molecule has 18 heavy (non-hydrogen) atoms. The number of phenolic OH excluding ortho intramolecular Hbond substituents is 2. The highest BCUT2D eigenvalue weighted by molar-refractivity contribution is 5.79. The molecule has 1 atom stereocenters. The molecule has 0 amide bonds. The summed E-state index contributed by atoms with van der Waals surface area (Å²) in [5.41, 5.74) is 1.62. The van der Waals surface area contributed by atoms with Crippen LogP contribution in [0, 0.1) is 0 Å². The fraction of sp³-hybridized carbons (Fsp3) is 0.133. The van der Waals surface area contributed by atoms with Gasteiger partial charge < -0.3 is 10.2 Å². The molecule has 92 valence electrons. The fourth-order valence-corrected chi connectivity index (χ4v) is 1.69. The maximum atomic E-state index is 9.72. The minimum absolute atomic E-state index is 0.129. The van der Waals surface area contributed by atoms with Gasteiger partial charge in [0.15, 0.2) is 0 Å². The summed E-state index contributed by atoms with van der Waals surface area (Å²) in [5.74, 6) is 0.273. The van der Waals surface area contributed by atoms with Crippen LogP contribution in [0.1, 0.15) is 24.1 Å². The van der Waals surface area contributed by atoms with Crippen LogP contribution in [0.2, 0.25) is 0 Å². The van der Waals surface area contributed by atoms with Gasteiger partial charge in [-0.05, 0) is 30.7 Å². The summed E-state index contributed by atoms with van der Waals surface area (Å²) in [6.07, 6.45) is 1.76. The van der Waals surface area contributed by atoms with Gasteiger partial charge >= 0.3 is 0 Å². The zero-order valence-electron chi connectivity index (χ0n) is 10.1. The Morgan fingerprint density at radius 2 is 1.78 bits per heavy atom. The molecule has 0 saturated heterocycles. The average Bonchev–Trinajstić information content (AvgIpc) is 2.40. The van der Waals surface area contributed by atoms with Crippen molar-refractivity contribution in [3.8, 4) is 11.5 Å². The van der Waals surface area contributed by atoms with Crippen molar-refractivity contribution in [2.45, 2.75) is 13.0 Å². The molecule has 2 N–H and O–H groups in total. The minimum atomic E-state index is -0.211. The number of nitrogens with zero attached hydrogens (tertiary/aromatic N) is 1. The first kappa shape index (κ1) is 12.2. The van der Waals surface area contributed by atoms with Crippen LogP contribution in [0.15, 0.2) is 53.5 Å². The third-order valence-corrected chi connectivity index (χ3v) is 2.71. The van der Waals surface area contributed by atoms with Crippen LogP contribution >= 0.6 is 0 Å². The fourth-order valence-electron chi connectivity index (χ4n) is 1.69. The minimum Gasteiger partial charge on any atom is -0.508 e. The summed E-state index contributed by atoms with van der Waals surface area (Å²) < 4.78 is 0. The third kappa shape index (κ3) is 2.88. The van der Waals surface area contributed by atoms with E-state index in [1.165, 1.54) is 18.2 Å². The second-order valence-corrected chi connectivity index (χ2v) is 4.11. The van der Waals surface area contributed by atoms with Crippen molar-refractivity contribution in [3.05, 3.63) is 59.7 Å². The van der Waals surface area contributed by atoms with Crippen LogP contribution in [0.4, 0.5) is 0 Å². The third-order valence-electron chi connectivity index (χ3n) is 2.71. The van der Waals surface area contributed by atoms with Gasteiger partial charge in [-0.15, -0.1) is 0 Å². The van der Waals surface area contributed by atoms with Crippen LogP contribution in [-0.2, 0) is 0 Å². The lowest BCUT2D eigenvalue weighted by Gasteiger charge is -2.09. The quantitative estimate of drug-likeness (QED) is 0.640. The first-order valence-electron chi connectivity index (χ1n) is 5.77. The molecule has 2 aromatic rings. The molecule has 0 aliphatic heterocycles. The molecule has 0 heterocycles. The van der Waals surface area contributed by atoms with E-state index in [0.29, 0.717) is 5.56 Å². The Labute approximate surface area is 106 Å². The predicted octanol–water partition coefficient (Wildman–Crippen LogP) is 3.28. The lowest BCUT2D eigenvalue weighted by molar-refractivity contribution is 0.450. The highest BCUT2D eigenvalue weighted by Gasteiger charge is 2.09. The molecule has 0 aromatic heterocycles. The van der Waals surface area contributed by atoms with Crippen molar-refractivity contribution in [1.29, 1.82) is 0 Å². The molecule has 0 fully saturated rings. The Morgan fingerprint density at radius 1 is 1.06 bits per heavy atom. The van der Waals surface area contributed by atoms with Crippen molar-refractivity contribution >= 4 is 6.21 Å². The summed E-state index contributed by atoms with van der Waals surface area (Å²) in [6, 6.07) is 14.0. The molecule has 0 spiro atoms.